The van der Waals surface area contributed by atoms with Crippen LogP contribution in [-0.2, 0) is 10.0 Å². The molecule has 0 saturated heterocycles. The van der Waals surface area contributed by atoms with Crippen LogP contribution in [0.15, 0.2) is 23.1 Å². The maximum absolute atomic E-state index is 11.9. The largest absolute Gasteiger partial charge is 0.324 e. The van der Waals surface area contributed by atoms with Gasteiger partial charge in [-0.25, -0.2) is 13.1 Å². The van der Waals surface area contributed by atoms with Crippen molar-refractivity contribution >= 4 is 33.2 Å². The van der Waals surface area contributed by atoms with E-state index in [4.69, 9.17) is 28.9 Å². The Morgan fingerprint density at radius 1 is 1.24 bits per heavy atom. The summed E-state index contributed by atoms with van der Waals surface area (Å²) >= 11 is 11.5. The van der Waals surface area contributed by atoms with Gasteiger partial charge in [0, 0.05) is 22.1 Å². The summed E-state index contributed by atoms with van der Waals surface area (Å²) in [6, 6.07) is 4.13. The molecule has 96 valence electrons. The van der Waals surface area contributed by atoms with E-state index in [9.17, 15) is 8.42 Å². The van der Waals surface area contributed by atoms with Crippen molar-refractivity contribution in [1.82, 2.24) is 4.72 Å². The minimum absolute atomic E-state index is 0.0271. The number of sulfonamides is 1. The molecule has 0 atom stereocenters. The van der Waals surface area contributed by atoms with Crippen LogP contribution in [0.4, 0.5) is 0 Å². The number of nitrogens with two attached hydrogens (primary N) is 1. The topological polar surface area (TPSA) is 72.2 Å². The molecule has 0 aliphatic carbocycles. The predicted molar refractivity (Wildman–Crippen MR) is 69.9 cm³/mol. The van der Waals surface area contributed by atoms with E-state index in [1.807, 2.05) is 0 Å². The highest BCUT2D eigenvalue weighted by molar-refractivity contribution is 7.89. The predicted octanol–water partition coefficient (Wildman–Crippen LogP) is 2.01. The molecule has 0 bridgehead atoms. The maximum Gasteiger partial charge on any atom is 0.240 e. The molecule has 17 heavy (non-hydrogen) atoms. The highest BCUT2D eigenvalue weighted by atomic mass is 35.5. The molecule has 0 unspecified atom stereocenters. The van der Waals surface area contributed by atoms with Gasteiger partial charge in [-0.2, -0.15) is 0 Å². The van der Waals surface area contributed by atoms with Gasteiger partial charge < -0.3 is 5.73 Å². The average Bonchev–Trinajstić information content (AvgIpc) is 2.12. The minimum Gasteiger partial charge on any atom is -0.324 e. The van der Waals surface area contributed by atoms with Crippen molar-refractivity contribution in [1.29, 1.82) is 0 Å². The Morgan fingerprint density at radius 2 is 1.71 bits per heavy atom. The highest BCUT2D eigenvalue weighted by Crippen LogP contribution is 2.22. The molecule has 0 aliphatic rings. The van der Waals surface area contributed by atoms with E-state index in [0.717, 1.165) is 0 Å². The number of benzene rings is 1. The fraction of sp³-hybridized carbons (Fsp3) is 0.400. The van der Waals surface area contributed by atoms with E-state index in [-0.39, 0.29) is 21.5 Å². The van der Waals surface area contributed by atoms with Crippen LogP contribution in [0.2, 0.25) is 10.0 Å². The number of rotatable bonds is 4. The molecule has 0 aliphatic heterocycles. The standard InChI is InChI=1S/C10H14Cl2N2O2S/c1-10(2,13)6-14-17(15,16)9-4-7(11)3-8(12)5-9/h3-5,14H,6,13H2,1-2H3. The molecular formula is C10H14Cl2N2O2S. The monoisotopic (exact) mass is 296 g/mol. The van der Waals surface area contributed by atoms with Gasteiger partial charge in [-0.15, -0.1) is 0 Å². The highest BCUT2D eigenvalue weighted by Gasteiger charge is 2.19. The van der Waals surface area contributed by atoms with Crippen LogP contribution in [-0.4, -0.2) is 20.5 Å². The van der Waals surface area contributed by atoms with E-state index in [2.05, 4.69) is 4.72 Å². The first-order valence-corrected chi connectivity index (χ1v) is 7.09. The first-order valence-electron chi connectivity index (χ1n) is 4.85. The molecule has 0 heterocycles. The molecule has 0 aromatic heterocycles. The normalized spacial score (nSPS) is 12.8. The molecule has 0 saturated carbocycles. The quantitative estimate of drug-likeness (QED) is 0.893. The first kappa shape index (κ1) is 14.7. The summed E-state index contributed by atoms with van der Waals surface area (Å²) in [6.07, 6.45) is 0. The molecule has 0 fully saturated rings. The molecule has 0 spiro atoms. The number of halogens is 2. The number of hydrogen-bond acceptors (Lipinski definition) is 3. The molecule has 1 rings (SSSR count). The van der Waals surface area contributed by atoms with Gasteiger partial charge in [0.1, 0.15) is 0 Å². The van der Waals surface area contributed by atoms with Crippen LogP contribution >= 0.6 is 23.2 Å². The average molecular weight is 297 g/mol. The van der Waals surface area contributed by atoms with E-state index in [1.165, 1.54) is 18.2 Å². The third-order valence-corrected chi connectivity index (χ3v) is 3.68. The Hall–Kier alpha value is -0.330. The van der Waals surface area contributed by atoms with E-state index in [1.54, 1.807) is 13.8 Å². The minimum atomic E-state index is -3.64. The van der Waals surface area contributed by atoms with Gasteiger partial charge in [0.05, 0.1) is 4.90 Å². The van der Waals surface area contributed by atoms with Gasteiger partial charge in [0.25, 0.3) is 0 Å². The third kappa shape index (κ3) is 4.81. The molecular weight excluding hydrogens is 283 g/mol. The zero-order valence-corrected chi connectivity index (χ0v) is 11.8. The van der Waals surface area contributed by atoms with Crippen molar-refractivity contribution in [3.63, 3.8) is 0 Å². The molecule has 0 radical (unpaired) electrons. The van der Waals surface area contributed by atoms with Crippen molar-refractivity contribution in [3.05, 3.63) is 28.2 Å². The van der Waals surface area contributed by atoms with Crippen LogP contribution in [0.1, 0.15) is 13.8 Å². The summed E-state index contributed by atoms with van der Waals surface area (Å²) in [7, 11) is -3.64. The fourth-order valence-electron chi connectivity index (χ4n) is 1.05. The SMILES string of the molecule is CC(C)(N)CNS(=O)(=O)c1cc(Cl)cc(Cl)c1. The maximum atomic E-state index is 11.9. The summed E-state index contributed by atoms with van der Waals surface area (Å²) in [5, 5.41) is 0.537. The molecule has 3 N–H and O–H groups in total. The summed E-state index contributed by atoms with van der Waals surface area (Å²) in [4.78, 5) is 0.0271. The van der Waals surface area contributed by atoms with Gasteiger partial charge in [0.2, 0.25) is 10.0 Å². The number of hydrogen-bond donors (Lipinski definition) is 2. The Bertz CT molecular complexity index is 489. The van der Waals surface area contributed by atoms with Crippen LogP contribution in [0, 0.1) is 0 Å². The second-order valence-electron chi connectivity index (χ2n) is 4.42. The lowest BCUT2D eigenvalue weighted by molar-refractivity contribution is 0.498. The molecule has 1 aromatic carbocycles. The van der Waals surface area contributed by atoms with Crippen LogP contribution in [0.25, 0.3) is 0 Å². The van der Waals surface area contributed by atoms with Crippen molar-refractivity contribution in [2.45, 2.75) is 24.3 Å². The molecule has 1 aromatic rings. The summed E-state index contributed by atoms with van der Waals surface area (Å²) in [5.41, 5.74) is 5.07. The summed E-state index contributed by atoms with van der Waals surface area (Å²) in [5.74, 6) is 0. The Labute approximate surface area is 111 Å². The van der Waals surface area contributed by atoms with Gasteiger partial charge >= 0.3 is 0 Å². The van der Waals surface area contributed by atoms with Crippen LogP contribution in [0.3, 0.4) is 0 Å². The van der Waals surface area contributed by atoms with E-state index >= 15 is 0 Å². The molecule has 4 nitrogen and oxygen atoms in total. The van der Waals surface area contributed by atoms with Gasteiger partial charge in [-0.05, 0) is 32.0 Å². The zero-order valence-electron chi connectivity index (χ0n) is 9.50. The van der Waals surface area contributed by atoms with Crippen LogP contribution in [0.5, 0.6) is 0 Å². The van der Waals surface area contributed by atoms with Crippen molar-refractivity contribution in [3.8, 4) is 0 Å². The first-order chi connectivity index (χ1) is 7.60. The Balaban J connectivity index is 2.98. The van der Waals surface area contributed by atoms with E-state index < -0.39 is 15.6 Å². The molecule has 0 amide bonds. The van der Waals surface area contributed by atoms with Crippen molar-refractivity contribution in [2.75, 3.05) is 6.54 Å². The zero-order chi connectivity index (χ0) is 13.3. The van der Waals surface area contributed by atoms with Gasteiger partial charge in [-0.1, -0.05) is 23.2 Å². The second kappa shape index (κ2) is 5.12. The smallest absolute Gasteiger partial charge is 0.240 e. The summed E-state index contributed by atoms with van der Waals surface area (Å²) in [6.45, 7) is 3.57. The Kier molecular flexibility index (Phi) is 4.43. The fourth-order valence-corrected chi connectivity index (χ4v) is 3.00. The lowest BCUT2D eigenvalue weighted by Gasteiger charge is -2.19. The van der Waals surface area contributed by atoms with Crippen molar-refractivity contribution in [2.24, 2.45) is 5.73 Å². The second-order valence-corrected chi connectivity index (χ2v) is 7.06. The summed E-state index contributed by atoms with van der Waals surface area (Å²) < 4.78 is 26.2. The van der Waals surface area contributed by atoms with Crippen molar-refractivity contribution < 1.29 is 8.42 Å². The van der Waals surface area contributed by atoms with Gasteiger partial charge in [-0.3, -0.25) is 0 Å². The number of nitrogens with one attached hydrogen (secondary N) is 1. The molecule has 7 heteroatoms. The third-order valence-electron chi connectivity index (χ3n) is 1.86. The van der Waals surface area contributed by atoms with E-state index in [0.29, 0.717) is 0 Å². The van der Waals surface area contributed by atoms with Gasteiger partial charge in [0.15, 0.2) is 0 Å². The lowest BCUT2D eigenvalue weighted by atomic mass is 10.1. The Morgan fingerprint density at radius 3 is 2.12 bits per heavy atom. The lowest BCUT2D eigenvalue weighted by Crippen LogP contribution is -2.45. The van der Waals surface area contributed by atoms with Crippen LogP contribution < -0.4 is 10.5 Å².